The fraction of sp³-hybridized carbons (Fsp3) is 0.750. The Morgan fingerprint density at radius 2 is 2.08 bits per heavy atom. The van der Waals surface area contributed by atoms with Crippen molar-refractivity contribution in [3.05, 3.63) is 24.2 Å². The molecule has 1 aliphatic heterocycles. The summed E-state index contributed by atoms with van der Waals surface area (Å²) in [4.78, 5) is 6.98. The maximum Gasteiger partial charge on any atom is 0.191 e. The van der Waals surface area contributed by atoms with Gasteiger partial charge >= 0.3 is 0 Å². The Balaban J connectivity index is 1.32. The van der Waals surface area contributed by atoms with Crippen LogP contribution in [0.3, 0.4) is 0 Å². The van der Waals surface area contributed by atoms with Crippen molar-refractivity contribution in [2.24, 2.45) is 16.3 Å². The van der Waals surface area contributed by atoms with E-state index >= 15 is 0 Å². The van der Waals surface area contributed by atoms with Gasteiger partial charge in [-0.2, -0.15) is 0 Å². The van der Waals surface area contributed by atoms with Gasteiger partial charge in [-0.25, -0.2) is 0 Å². The molecule has 2 heterocycles. The summed E-state index contributed by atoms with van der Waals surface area (Å²) >= 11 is 0. The van der Waals surface area contributed by atoms with Crippen LogP contribution >= 0.6 is 0 Å². The average Bonchev–Trinajstić information content (AvgIpc) is 3.08. The van der Waals surface area contributed by atoms with Gasteiger partial charge < -0.3 is 15.1 Å². The van der Waals surface area contributed by atoms with Crippen molar-refractivity contribution in [1.82, 2.24) is 15.5 Å². The number of likely N-dealkylation sites (tertiary alicyclic amines) is 1. The Bertz CT molecular complexity index is 569. The van der Waals surface area contributed by atoms with Gasteiger partial charge in [0.25, 0.3) is 0 Å². The van der Waals surface area contributed by atoms with Crippen LogP contribution < -0.4 is 10.6 Å². The summed E-state index contributed by atoms with van der Waals surface area (Å²) in [5.74, 6) is 2.95. The molecular weight excluding hydrogens is 312 g/mol. The second kappa shape index (κ2) is 7.40. The third-order valence-corrected chi connectivity index (χ3v) is 6.54. The van der Waals surface area contributed by atoms with E-state index in [1.165, 1.54) is 44.9 Å². The lowest BCUT2D eigenvalue weighted by Gasteiger charge is -2.43. The quantitative estimate of drug-likeness (QED) is 0.589. The van der Waals surface area contributed by atoms with Crippen LogP contribution in [0.1, 0.15) is 56.7 Å². The standard InChI is InChI=1S/C20H32N4O/c1-21-19(23-15-20(9-5-10-20)16-7-8-16)22-14-17(18-6-4-13-25-18)24-11-2-3-12-24/h4,6,13,16-17H,2-3,5,7-12,14-15H2,1H3,(H2,21,22,23). The first-order chi connectivity index (χ1) is 12.3. The van der Waals surface area contributed by atoms with E-state index in [1.807, 2.05) is 13.1 Å². The summed E-state index contributed by atoms with van der Waals surface area (Å²) in [5, 5.41) is 7.17. The first kappa shape index (κ1) is 17.0. The number of nitrogens with one attached hydrogen (secondary N) is 2. The monoisotopic (exact) mass is 344 g/mol. The smallest absolute Gasteiger partial charge is 0.191 e. The van der Waals surface area contributed by atoms with Crippen LogP contribution in [0.25, 0.3) is 0 Å². The number of furan rings is 1. The number of nitrogens with zero attached hydrogens (tertiary/aromatic N) is 2. The zero-order valence-corrected chi connectivity index (χ0v) is 15.5. The normalized spacial score (nSPS) is 24.8. The van der Waals surface area contributed by atoms with E-state index in [4.69, 9.17) is 4.42 Å². The van der Waals surface area contributed by atoms with Gasteiger partial charge in [0.15, 0.2) is 5.96 Å². The molecule has 3 fully saturated rings. The van der Waals surface area contributed by atoms with Crippen molar-refractivity contribution < 1.29 is 4.42 Å². The van der Waals surface area contributed by atoms with E-state index in [9.17, 15) is 0 Å². The van der Waals surface area contributed by atoms with E-state index in [-0.39, 0.29) is 6.04 Å². The highest BCUT2D eigenvalue weighted by molar-refractivity contribution is 5.79. The predicted octanol–water partition coefficient (Wildman–Crippen LogP) is 3.16. The molecular formula is C20H32N4O. The Morgan fingerprint density at radius 3 is 2.64 bits per heavy atom. The number of hydrogen-bond acceptors (Lipinski definition) is 3. The van der Waals surface area contributed by atoms with Crippen LogP contribution in [0.15, 0.2) is 27.8 Å². The van der Waals surface area contributed by atoms with Gasteiger partial charge in [-0.15, -0.1) is 0 Å². The molecule has 0 bridgehead atoms. The molecule has 2 aliphatic carbocycles. The molecule has 5 nitrogen and oxygen atoms in total. The predicted molar refractivity (Wildman–Crippen MR) is 101 cm³/mol. The summed E-state index contributed by atoms with van der Waals surface area (Å²) in [6, 6.07) is 4.37. The molecule has 1 aromatic heterocycles. The molecule has 25 heavy (non-hydrogen) atoms. The summed E-state index contributed by atoms with van der Waals surface area (Å²) in [6.07, 6.45) is 11.4. The molecule has 0 amide bonds. The highest BCUT2D eigenvalue weighted by Crippen LogP contribution is 2.56. The fourth-order valence-corrected chi connectivity index (χ4v) is 4.67. The zero-order chi connectivity index (χ0) is 17.1. The fourth-order valence-electron chi connectivity index (χ4n) is 4.67. The Labute approximate surface area is 151 Å². The molecule has 2 saturated carbocycles. The lowest BCUT2D eigenvalue weighted by atomic mass is 9.65. The zero-order valence-electron chi connectivity index (χ0n) is 15.5. The van der Waals surface area contributed by atoms with Crippen LogP contribution in [0.2, 0.25) is 0 Å². The summed E-state index contributed by atoms with van der Waals surface area (Å²) < 4.78 is 5.71. The molecule has 0 radical (unpaired) electrons. The third-order valence-electron chi connectivity index (χ3n) is 6.54. The average molecular weight is 345 g/mol. The molecule has 4 rings (SSSR count). The maximum atomic E-state index is 5.71. The second-order valence-corrected chi connectivity index (χ2v) is 8.07. The van der Waals surface area contributed by atoms with Crippen LogP contribution in [-0.4, -0.2) is 44.1 Å². The molecule has 5 heteroatoms. The highest BCUT2D eigenvalue weighted by atomic mass is 16.3. The van der Waals surface area contributed by atoms with E-state index in [1.54, 1.807) is 6.26 Å². The largest absolute Gasteiger partial charge is 0.468 e. The first-order valence-electron chi connectivity index (χ1n) is 10.0. The number of aliphatic imine (C=N–C) groups is 1. The van der Waals surface area contributed by atoms with E-state index in [2.05, 4.69) is 26.6 Å². The van der Waals surface area contributed by atoms with Crippen LogP contribution in [0.4, 0.5) is 0 Å². The van der Waals surface area contributed by atoms with Crippen LogP contribution in [0.5, 0.6) is 0 Å². The summed E-state index contributed by atoms with van der Waals surface area (Å²) in [5.41, 5.74) is 0.562. The SMILES string of the molecule is CN=C(NCC(c1ccco1)N1CCCC1)NCC1(C2CC2)CCC1. The molecule has 0 aromatic carbocycles. The molecule has 138 valence electrons. The highest BCUT2D eigenvalue weighted by Gasteiger charge is 2.48. The molecule has 2 N–H and O–H groups in total. The van der Waals surface area contributed by atoms with E-state index in [0.717, 1.165) is 43.8 Å². The van der Waals surface area contributed by atoms with Crippen LogP contribution in [-0.2, 0) is 0 Å². The minimum Gasteiger partial charge on any atom is -0.468 e. The molecule has 1 saturated heterocycles. The van der Waals surface area contributed by atoms with Gasteiger partial charge in [0.05, 0.1) is 12.3 Å². The molecule has 1 aromatic rings. The topological polar surface area (TPSA) is 52.8 Å². The van der Waals surface area contributed by atoms with Crippen molar-refractivity contribution in [1.29, 1.82) is 0 Å². The van der Waals surface area contributed by atoms with E-state index in [0.29, 0.717) is 5.41 Å². The van der Waals surface area contributed by atoms with Crippen molar-refractivity contribution in [3.8, 4) is 0 Å². The minimum atomic E-state index is 0.289. The van der Waals surface area contributed by atoms with Crippen LogP contribution in [0, 0.1) is 11.3 Å². The van der Waals surface area contributed by atoms with Crippen molar-refractivity contribution in [2.45, 2.75) is 51.0 Å². The first-order valence-corrected chi connectivity index (χ1v) is 10.0. The Kier molecular flexibility index (Phi) is 5.02. The maximum absolute atomic E-state index is 5.71. The van der Waals surface area contributed by atoms with Crippen molar-refractivity contribution in [2.75, 3.05) is 33.2 Å². The molecule has 1 unspecified atom stereocenters. The summed E-state index contributed by atoms with van der Waals surface area (Å²) in [7, 11) is 1.87. The van der Waals surface area contributed by atoms with Gasteiger partial charge in [-0.1, -0.05) is 6.42 Å². The van der Waals surface area contributed by atoms with Gasteiger partial charge in [-0.3, -0.25) is 9.89 Å². The molecule has 0 spiro atoms. The second-order valence-electron chi connectivity index (χ2n) is 8.07. The van der Waals surface area contributed by atoms with E-state index < -0.39 is 0 Å². The van der Waals surface area contributed by atoms with Crippen molar-refractivity contribution >= 4 is 5.96 Å². The van der Waals surface area contributed by atoms with Gasteiger partial charge in [0.2, 0.25) is 0 Å². The number of hydrogen-bond donors (Lipinski definition) is 2. The Hall–Kier alpha value is -1.49. The number of rotatable bonds is 7. The lowest BCUT2D eigenvalue weighted by Crippen LogP contribution is -2.49. The van der Waals surface area contributed by atoms with Gasteiger partial charge in [0.1, 0.15) is 5.76 Å². The minimum absolute atomic E-state index is 0.289. The third kappa shape index (κ3) is 3.71. The van der Waals surface area contributed by atoms with Gasteiger partial charge in [-0.05, 0) is 75.1 Å². The Morgan fingerprint density at radius 1 is 1.28 bits per heavy atom. The van der Waals surface area contributed by atoms with Gasteiger partial charge in [0, 0.05) is 20.1 Å². The summed E-state index contributed by atoms with van der Waals surface area (Å²) in [6.45, 7) is 4.23. The van der Waals surface area contributed by atoms with Crippen molar-refractivity contribution in [3.63, 3.8) is 0 Å². The molecule has 1 atom stereocenters. The lowest BCUT2D eigenvalue weighted by molar-refractivity contribution is 0.105. The molecule has 3 aliphatic rings. The number of guanidine groups is 1.